The minimum atomic E-state index is 0.339. The summed E-state index contributed by atoms with van der Waals surface area (Å²) in [6, 6.07) is 9.19. The Balaban J connectivity index is 2.33. The molecule has 0 fully saturated rings. The van der Waals surface area contributed by atoms with Gasteiger partial charge in [0.25, 0.3) is 0 Å². The lowest BCUT2D eigenvalue weighted by Gasteiger charge is -2.10. The highest BCUT2D eigenvalue weighted by atomic mass is 35.5. The van der Waals surface area contributed by atoms with E-state index < -0.39 is 0 Å². The van der Waals surface area contributed by atoms with Crippen molar-refractivity contribution < 1.29 is 9.47 Å². The number of benzene rings is 1. The summed E-state index contributed by atoms with van der Waals surface area (Å²) in [7, 11) is 1.61. The second-order valence-electron chi connectivity index (χ2n) is 3.81. The van der Waals surface area contributed by atoms with Crippen molar-refractivity contribution >= 4 is 17.2 Å². The molecule has 0 unspecified atom stereocenters. The molecule has 0 saturated carbocycles. The van der Waals surface area contributed by atoms with Crippen molar-refractivity contribution in [3.8, 4) is 11.6 Å². The number of hydrogen-bond acceptors (Lipinski definition) is 4. The smallest absolute Gasteiger partial charge is 0.223 e. The topological polar surface area (TPSA) is 44.2 Å². The van der Waals surface area contributed by atoms with Gasteiger partial charge in [0.15, 0.2) is 0 Å². The lowest BCUT2D eigenvalue weighted by atomic mass is 10.1. The summed E-state index contributed by atoms with van der Waals surface area (Å²) in [5.41, 5.74) is 1.89. The summed E-state index contributed by atoms with van der Waals surface area (Å²) in [5, 5.41) is 0.339. The standard InChI is InChI=1S/C14H13ClN2O2/c1-10(8-18-2)11-5-3-4-6-12(11)19-14-7-13(15)16-9-17-14/h3-9H,1-2H3/b10-8-. The minimum Gasteiger partial charge on any atom is -0.504 e. The van der Waals surface area contributed by atoms with E-state index >= 15 is 0 Å². The molecule has 2 rings (SSSR count). The molecule has 1 heterocycles. The van der Waals surface area contributed by atoms with E-state index in [4.69, 9.17) is 21.1 Å². The fourth-order valence-corrected chi connectivity index (χ4v) is 1.74. The van der Waals surface area contributed by atoms with Gasteiger partial charge in [0.05, 0.1) is 13.4 Å². The average Bonchev–Trinajstić information content (AvgIpc) is 2.39. The van der Waals surface area contributed by atoms with Crippen LogP contribution < -0.4 is 4.74 Å². The van der Waals surface area contributed by atoms with Crippen LogP contribution in [0.4, 0.5) is 0 Å². The number of aromatic nitrogens is 2. The van der Waals surface area contributed by atoms with E-state index in [1.807, 2.05) is 31.2 Å². The van der Waals surface area contributed by atoms with Crippen molar-refractivity contribution in [2.45, 2.75) is 6.92 Å². The molecule has 0 spiro atoms. The normalized spacial score (nSPS) is 11.2. The van der Waals surface area contributed by atoms with Gasteiger partial charge in [-0.1, -0.05) is 29.8 Å². The molecule has 0 aliphatic carbocycles. The Hall–Kier alpha value is -2.07. The molecule has 1 aromatic heterocycles. The Morgan fingerprint density at radius 3 is 2.79 bits per heavy atom. The van der Waals surface area contributed by atoms with Gasteiger partial charge in [-0.25, -0.2) is 9.97 Å². The van der Waals surface area contributed by atoms with Crippen molar-refractivity contribution in [3.05, 3.63) is 53.6 Å². The van der Waals surface area contributed by atoms with Gasteiger partial charge in [0, 0.05) is 11.6 Å². The van der Waals surface area contributed by atoms with Gasteiger partial charge >= 0.3 is 0 Å². The Kier molecular flexibility index (Phi) is 4.36. The molecular formula is C14H13ClN2O2. The number of hydrogen-bond donors (Lipinski definition) is 0. The molecule has 5 heteroatoms. The zero-order valence-corrected chi connectivity index (χ0v) is 11.4. The summed E-state index contributed by atoms with van der Waals surface area (Å²) < 4.78 is 10.7. The van der Waals surface area contributed by atoms with E-state index in [-0.39, 0.29) is 0 Å². The van der Waals surface area contributed by atoms with E-state index in [2.05, 4.69) is 9.97 Å². The molecule has 0 radical (unpaired) electrons. The van der Waals surface area contributed by atoms with E-state index in [9.17, 15) is 0 Å². The van der Waals surface area contributed by atoms with Crippen LogP contribution in [0.3, 0.4) is 0 Å². The number of rotatable bonds is 4. The van der Waals surface area contributed by atoms with Gasteiger partial charge < -0.3 is 9.47 Å². The highest BCUT2D eigenvalue weighted by molar-refractivity contribution is 6.29. The fourth-order valence-electron chi connectivity index (χ4n) is 1.61. The molecule has 19 heavy (non-hydrogen) atoms. The van der Waals surface area contributed by atoms with Gasteiger partial charge in [0.1, 0.15) is 17.2 Å². The molecule has 0 N–H and O–H groups in total. The van der Waals surface area contributed by atoms with Crippen molar-refractivity contribution in [2.24, 2.45) is 0 Å². The van der Waals surface area contributed by atoms with Crippen molar-refractivity contribution in [3.63, 3.8) is 0 Å². The molecule has 2 aromatic rings. The van der Waals surface area contributed by atoms with E-state index in [1.165, 1.54) is 6.33 Å². The third-order valence-electron chi connectivity index (χ3n) is 2.43. The van der Waals surface area contributed by atoms with Crippen molar-refractivity contribution in [1.82, 2.24) is 9.97 Å². The number of halogens is 1. The molecule has 0 saturated heterocycles. The molecule has 98 valence electrons. The number of nitrogens with zero attached hydrogens (tertiary/aromatic N) is 2. The summed E-state index contributed by atoms with van der Waals surface area (Å²) >= 11 is 5.80. The summed E-state index contributed by atoms with van der Waals surface area (Å²) in [6.45, 7) is 1.94. The lowest BCUT2D eigenvalue weighted by Crippen LogP contribution is -1.93. The Morgan fingerprint density at radius 1 is 1.26 bits per heavy atom. The number of allylic oxidation sites excluding steroid dienone is 1. The fraction of sp³-hybridized carbons (Fsp3) is 0.143. The third kappa shape index (κ3) is 3.45. The first-order chi connectivity index (χ1) is 9.20. The van der Waals surface area contributed by atoms with Crippen LogP contribution >= 0.6 is 11.6 Å². The van der Waals surface area contributed by atoms with Gasteiger partial charge in [-0.3, -0.25) is 0 Å². The first kappa shape index (κ1) is 13.4. The maximum atomic E-state index is 5.80. The molecular weight excluding hydrogens is 264 g/mol. The summed E-state index contributed by atoms with van der Waals surface area (Å²) in [5.74, 6) is 1.08. The van der Waals surface area contributed by atoms with E-state index in [0.717, 1.165) is 11.1 Å². The predicted molar refractivity (Wildman–Crippen MR) is 74.2 cm³/mol. The maximum absolute atomic E-state index is 5.80. The van der Waals surface area contributed by atoms with Gasteiger partial charge in [-0.15, -0.1) is 0 Å². The third-order valence-corrected chi connectivity index (χ3v) is 2.64. The molecule has 0 atom stereocenters. The number of para-hydroxylation sites is 1. The summed E-state index contributed by atoms with van der Waals surface area (Å²) in [6.07, 6.45) is 3.02. The van der Waals surface area contributed by atoms with Crippen LogP contribution in [0.25, 0.3) is 5.57 Å². The summed E-state index contributed by atoms with van der Waals surface area (Å²) in [4.78, 5) is 7.82. The largest absolute Gasteiger partial charge is 0.504 e. The monoisotopic (exact) mass is 276 g/mol. The quantitative estimate of drug-likeness (QED) is 0.627. The first-order valence-electron chi connectivity index (χ1n) is 5.65. The molecule has 0 aliphatic rings. The SMILES string of the molecule is CO/C=C(/C)c1ccccc1Oc1cc(Cl)ncn1. The Morgan fingerprint density at radius 2 is 2.05 bits per heavy atom. The van der Waals surface area contributed by atoms with Crippen LogP contribution in [0, 0.1) is 0 Å². The Labute approximate surface area is 116 Å². The van der Waals surface area contributed by atoms with E-state index in [1.54, 1.807) is 19.4 Å². The van der Waals surface area contributed by atoms with Crippen molar-refractivity contribution in [1.29, 1.82) is 0 Å². The van der Waals surface area contributed by atoms with Crippen LogP contribution in [-0.2, 0) is 4.74 Å². The van der Waals surface area contributed by atoms with Crippen LogP contribution in [0.5, 0.6) is 11.6 Å². The second-order valence-corrected chi connectivity index (χ2v) is 4.20. The number of ether oxygens (including phenoxy) is 2. The molecule has 0 aliphatic heterocycles. The highest BCUT2D eigenvalue weighted by Crippen LogP contribution is 2.29. The van der Waals surface area contributed by atoms with Gasteiger partial charge in [0.2, 0.25) is 5.88 Å². The molecule has 4 nitrogen and oxygen atoms in total. The maximum Gasteiger partial charge on any atom is 0.223 e. The average molecular weight is 277 g/mol. The van der Waals surface area contributed by atoms with Gasteiger partial charge in [-0.2, -0.15) is 0 Å². The Bertz CT molecular complexity index is 600. The minimum absolute atomic E-state index is 0.339. The molecule has 0 amide bonds. The van der Waals surface area contributed by atoms with Crippen LogP contribution in [-0.4, -0.2) is 17.1 Å². The van der Waals surface area contributed by atoms with Crippen molar-refractivity contribution in [2.75, 3.05) is 7.11 Å². The second kappa shape index (κ2) is 6.20. The highest BCUT2D eigenvalue weighted by Gasteiger charge is 2.07. The lowest BCUT2D eigenvalue weighted by molar-refractivity contribution is 0.339. The van der Waals surface area contributed by atoms with Gasteiger partial charge in [-0.05, 0) is 18.6 Å². The molecule has 0 bridgehead atoms. The van der Waals surface area contributed by atoms with E-state index in [0.29, 0.717) is 16.8 Å². The number of methoxy groups -OCH3 is 1. The van der Waals surface area contributed by atoms with Crippen LogP contribution in [0.1, 0.15) is 12.5 Å². The van der Waals surface area contributed by atoms with Crippen LogP contribution in [0.15, 0.2) is 42.9 Å². The van der Waals surface area contributed by atoms with Crippen LogP contribution in [0.2, 0.25) is 5.15 Å². The zero-order valence-electron chi connectivity index (χ0n) is 10.6. The first-order valence-corrected chi connectivity index (χ1v) is 6.03. The predicted octanol–water partition coefficient (Wildman–Crippen LogP) is 3.93. The zero-order chi connectivity index (χ0) is 13.7. The molecule has 1 aromatic carbocycles.